The summed E-state index contributed by atoms with van der Waals surface area (Å²) in [5.74, 6) is 0.876. The molecule has 1 aromatic carbocycles. The summed E-state index contributed by atoms with van der Waals surface area (Å²) in [5, 5.41) is 11.0. The smallest absolute Gasteiger partial charge is 0.129 e. The molecule has 0 spiro atoms. The lowest BCUT2D eigenvalue weighted by atomic mass is 10.2. The van der Waals surface area contributed by atoms with Crippen LogP contribution in [0.2, 0.25) is 5.02 Å². The van der Waals surface area contributed by atoms with Crippen LogP contribution >= 0.6 is 11.6 Å². The second-order valence-electron chi connectivity index (χ2n) is 4.59. The van der Waals surface area contributed by atoms with Crippen molar-refractivity contribution in [3.8, 4) is 0 Å². The molecule has 1 fully saturated rings. The van der Waals surface area contributed by atoms with Crippen molar-refractivity contribution in [1.29, 1.82) is 0 Å². The highest BCUT2D eigenvalue weighted by Gasteiger charge is 2.21. The molecule has 0 unspecified atom stereocenters. The molecular formula is C13H14ClN3O. The fourth-order valence-electron chi connectivity index (χ4n) is 2.32. The van der Waals surface area contributed by atoms with Gasteiger partial charge in [-0.1, -0.05) is 11.6 Å². The van der Waals surface area contributed by atoms with Crippen LogP contribution in [0.1, 0.15) is 6.42 Å². The molecule has 2 aromatic rings. The van der Waals surface area contributed by atoms with Crippen LogP contribution in [0.15, 0.2) is 24.3 Å². The highest BCUT2D eigenvalue weighted by molar-refractivity contribution is 6.34. The average Bonchev–Trinajstić information content (AvgIpc) is 2.80. The predicted octanol–water partition coefficient (Wildman–Crippen LogP) is 2.04. The number of aliphatic hydroxyl groups is 1. The van der Waals surface area contributed by atoms with E-state index in [1.54, 1.807) is 6.07 Å². The first-order valence-electron chi connectivity index (χ1n) is 5.93. The maximum absolute atomic E-state index is 9.55. The van der Waals surface area contributed by atoms with Gasteiger partial charge in [-0.05, 0) is 30.7 Å². The van der Waals surface area contributed by atoms with E-state index in [2.05, 4.69) is 9.88 Å². The minimum Gasteiger partial charge on any atom is -0.397 e. The molecule has 1 aliphatic heterocycles. The maximum atomic E-state index is 9.55. The molecule has 18 heavy (non-hydrogen) atoms. The molecule has 3 rings (SSSR count). The van der Waals surface area contributed by atoms with Crippen LogP contribution in [0.4, 0.5) is 11.5 Å². The largest absolute Gasteiger partial charge is 0.397 e. The summed E-state index contributed by atoms with van der Waals surface area (Å²) < 4.78 is 0. The van der Waals surface area contributed by atoms with E-state index in [4.69, 9.17) is 17.3 Å². The number of benzene rings is 1. The number of pyridine rings is 1. The fraction of sp³-hybridized carbons (Fsp3) is 0.308. The Morgan fingerprint density at radius 2 is 2.17 bits per heavy atom. The predicted molar refractivity (Wildman–Crippen MR) is 74.0 cm³/mol. The van der Waals surface area contributed by atoms with E-state index >= 15 is 0 Å². The van der Waals surface area contributed by atoms with Gasteiger partial charge in [-0.3, -0.25) is 0 Å². The molecule has 2 heterocycles. The monoisotopic (exact) mass is 263 g/mol. The minimum absolute atomic E-state index is 0.252. The van der Waals surface area contributed by atoms with E-state index in [-0.39, 0.29) is 6.10 Å². The van der Waals surface area contributed by atoms with Crippen molar-refractivity contribution in [3.05, 3.63) is 29.3 Å². The highest BCUT2D eigenvalue weighted by Crippen LogP contribution is 2.29. The lowest BCUT2D eigenvalue weighted by Gasteiger charge is -2.17. The van der Waals surface area contributed by atoms with E-state index in [9.17, 15) is 5.11 Å². The number of hydrogen-bond donors (Lipinski definition) is 2. The maximum Gasteiger partial charge on any atom is 0.129 e. The van der Waals surface area contributed by atoms with Gasteiger partial charge >= 0.3 is 0 Å². The van der Waals surface area contributed by atoms with Crippen molar-refractivity contribution >= 4 is 34.0 Å². The van der Waals surface area contributed by atoms with Crippen LogP contribution in [0.3, 0.4) is 0 Å². The number of nitrogens with two attached hydrogens (primary N) is 1. The third kappa shape index (κ3) is 1.87. The standard InChI is InChI=1S/C13H14ClN3O/c14-10-2-3-11-9(13(10)15)1-4-12(16-11)17-6-5-8(18)7-17/h1-4,8,18H,5-7,15H2/t8-/m1/s1. The first-order valence-corrected chi connectivity index (χ1v) is 6.30. The van der Waals surface area contributed by atoms with Gasteiger partial charge in [0.25, 0.3) is 0 Å². The quantitative estimate of drug-likeness (QED) is 0.773. The number of anilines is 2. The summed E-state index contributed by atoms with van der Waals surface area (Å²) in [7, 11) is 0. The molecule has 0 saturated carbocycles. The third-order valence-electron chi connectivity index (χ3n) is 3.33. The number of β-amino-alcohol motifs (C(OH)–C–C–N with tert-alkyl or cyclic N) is 1. The summed E-state index contributed by atoms with van der Waals surface area (Å²) >= 11 is 5.98. The van der Waals surface area contributed by atoms with Crippen LogP contribution in [-0.4, -0.2) is 29.3 Å². The summed E-state index contributed by atoms with van der Waals surface area (Å²) in [6.07, 6.45) is 0.542. The van der Waals surface area contributed by atoms with Crippen molar-refractivity contribution in [2.45, 2.75) is 12.5 Å². The number of hydrogen-bond acceptors (Lipinski definition) is 4. The zero-order valence-electron chi connectivity index (χ0n) is 9.81. The second kappa shape index (κ2) is 4.30. The fourth-order valence-corrected chi connectivity index (χ4v) is 2.48. The first kappa shape index (κ1) is 11.6. The molecule has 1 aromatic heterocycles. The van der Waals surface area contributed by atoms with Gasteiger partial charge in [0.2, 0.25) is 0 Å². The van der Waals surface area contributed by atoms with Crippen molar-refractivity contribution < 1.29 is 5.11 Å². The van der Waals surface area contributed by atoms with E-state index < -0.39 is 0 Å². The zero-order chi connectivity index (χ0) is 12.7. The molecule has 0 amide bonds. The zero-order valence-corrected chi connectivity index (χ0v) is 10.6. The summed E-state index contributed by atoms with van der Waals surface area (Å²) in [5.41, 5.74) is 7.31. The van der Waals surface area contributed by atoms with Gasteiger partial charge < -0.3 is 15.7 Å². The van der Waals surface area contributed by atoms with Gasteiger partial charge in [-0.2, -0.15) is 0 Å². The normalized spacial score (nSPS) is 19.7. The van der Waals surface area contributed by atoms with Crippen LogP contribution < -0.4 is 10.6 Å². The number of nitrogens with zero attached hydrogens (tertiary/aromatic N) is 2. The second-order valence-corrected chi connectivity index (χ2v) is 4.99. The van der Waals surface area contributed by atoms with Crippen molar-refractivity contribution in [3.63, 3.8) is 0 Å². The summed E-state index contributed by atoms with van der Waals surface area (Å²) in [6, 6.07) is 7.48. The van der Waals surface area contributed by atoms with E-state index in [0.29, 0.717) is 17.3 Å². The Hall–Kier alpha value is -1.52. The molecule has 94 valence electrons. The van der Waals surface area contributed by atoms with Crippen LogP contribution in [0, 0.1) is 0 Å². The Labute approximate surface area is 110 Å². The Balaban J connectivity index is 2.04. The van der Waals surface area contributed by atoms with Gasteiger partial charge in [0.1, 0.15) is 5.82 Å². The molecule has 1 saturated heterocycles. The molecule has 0 radical (unpaired) electrons. The minimum atomic E-state index is -0.252. The Morgan fingerprint density at radius 3 is 2.89 bits per heavy atom. The van der Waals surface area contributed by atoms with Crippen molar-refractivity contribution in [1.82, 2.24) is 4.98 Å². The number of halogens is 1. The Morgan fingerprint density at radius 1 is 1.33 bits per heavy atom. The number of aromatic nitrogens is 1. The molecule has 5 heteroatoms. The average molecular weight is 264 g/mol. The molecule has 1 atom stereocenters. The van der Waals surface area contributed by atoms with Crippen LogP contribution in [0.5, 0.6) is 0 Å². The Kier molecular flexibility index (Phi) is 2.76. The van der Waals surface area contributed by atoms with Gasteiger partial charge in [0.05, 0.1) is 22.3 Å². The number of fused-ring (bicyclic) bond motifs is 1. The van der Waals surface area contributed by atoms with Gasteiger partial charge in [0, 0.05) is 18.5 Å². The van der Waals surface area contributed by atoms with Crippen LogP contribution in [0.25, 0.3) is 10.9 Å². The number of nitrogen functional groups attached to an aromatic ring is 1. The molecule has 3 N–H and O–H groups in total. The molecule has 4 nitrogen and oxygen atoms in total. The topological polar surface area (TPSA) is 62.4 Å². The van der Waals surface area contributed by atoms with Crippen LogP contribution in [-0.2, 0) is 0 Å². The SMILES string of the molecule is Nc1c(Cl)ccc2nc(N3CC[C@@H](O)C3)ccc12. The number of aliphatic hydroxyl groups excluding tert-OH is 1. The van der Waals surface area contributed by atoms with E-state index in [0.717, 1.165) is 29.7 Å². The molecule has 1 aliphatic rings. The summed E-state index contributed by atoms with van der Waals surface area (Å²) in [6.45, 7) is 1.48. The number of rotatable bonds is 1. The van der Waals surface area contributed by atoms with E-state index in [1.807, 2.05) is 18.2 Å². The van der Waals surface area contributed by atoms with Crippen molar-refractivity contribution in [2.75, 3.05) is 23.7 Å². The van der Waals surface area contributed by atoms with Gasteiger partial charge in [-0.25, -0.2) is 4.98 Å². The third-order valence-corrected chi connectivity index (χ3v) is 3.66. The lowest BCUT2D eigenvalue weighted by molar-refractivity contribution is 0.198. The first-order chi connectivity index (χ1) is 8.65. The lowest BCUT2D eigenvalue weighted by Crippen LogP contribution is -2.22. The van der Waals surface area contributed by atoms with Gasteiger partial charge in [-0.15, -0.1) is 0 Å². The molecular weight excluding hydrogens is 250 g/mol. The van der Waals surface area contributed by atoms with E-state index in [1.165, 1.54) is 0 Å². The van der Waals surface area contributed by atoms with Gasteiger partial charge in [0.15, 0.2) is 0 Å². The molecule has 0 bridgehead atoms. The highest BCUT2D eigenvalue weighted by atomic mass is 35.5. The van der Waals surface area contributed by atoms with Crippen molar-refractivity contribution in [2.24, 2.45) is 0 Å². The summed E-state index contributed by atoms with van der Waals surface area (Å²) in [4.78, 5) is 6.65. The Bertz CT molecular complexity index is 602. The molecule has 0 aliphatic carbocycles.